The van der Waals surface area contributed by atoms with E-state index in [1.807, 2.05) is 30.3 Å². The number of rotatable bonds is 2. The van der Waals surface area contributed by atoms with Crippen LogP contribution in [0.4, 0.5) is 0 Å². The van der Waals surface area contributed by atoms with Gasteiger partial charge in [-0.2, -0.15) is 0 Å². The van der Waals surface area contributed by atoms with Crippen LogP contribution in [0.25, 0.3) is 11.3 Å². The number of halogens is 1. The SMILES string of the molecule is O=C(CCl)N1CCc2cc(-c3ccccc3)oc2C1. The van der Waals surface area contributed by atoms with Crippen LogP contribution in [0.15, 0.2) is 40.8 Å². The topological polar surface area (TPSA) is 33.5 Å². The highest BCUT2D eigenvalue weighted by Crippen LogP contribution is 2.29. The third-order valence-electron chi connectivity index (χ3n) is 3.41. The van der Waals surface area contributed by atoms with E-state index < -0.39 is 0 Å². The molecule has 1 aromatic carbocycles. The van der Waals surface area contributed by atoms with Gasteiger partial charge in [0, 0.05) is 12.1 Å². The molecule has 2 aromatic rings. The second kappa shape index (κ2) is 5.10. The molecule has 0 bridgehead atoms. The van der Waals surface area contributed by atoms with Crippen molar-refractivity contribution in [3.05, 3.63) is 47.7 Å². The molecular weight excluding hydrogens is 262 g/mol. The van der Waals surface area contributed by atoms with Gasteiger partial charge in [-0.25, -0.2) is 0 Å². The summed E-state index contributed by atoms with van der Waals surface area (Å²) in [6, 6.07) is 12.1. The van der Waals surface area contributed by atoms with Gasteiger partial charge in [0.25, 0.3) is 0 Å². The number of benzene rings is 1. The molecule has 0 saturated carbocycles. The summed E-state index contributed by atoms with van der Waals surface area (Å²) in [7, 11) is 0. The van der Waals surface area contributed by atoms with Crippen molar-refractivity contribution >= 4 is 17.5 Å². The maximum absolute atomic E-state index is 11.6. The van der Waals surface area contributed by atoms with E-state index in [9.17, 15) is 4.79 Å². The van der Waals surface area contributed by atoms with Crippen molar-refractivity contribution in [2.75, 3.05) is 12.4 Å². The third kappa shape index (κ3) is 2.38. The van der Waals surface area contributed by atoms with Crippen molar-refractivity contribution in [2.45, 2.75) is 13.0 Å². The molecule has 1 aliphatic heterocycles. The number of fused-ring (bicyclic) bond motifs is 1. The Kier molecular flexibility index (Phi) is 3.30. The van der Waals surface area contributed by atoms with E-state index in [1.165, 1.54) is 5.56 Å². The Labute approximate surface area is 116 Å². The van der Waals surface area contributed by atoms with E-state index in [0.29, 0.717) is 13.1 Å². The minimum atomic E-state index is -0.0371. The molecule has 2 heterocycles. The monoisotopic (exact) mass is 275 g/mol. The molecule has 0 atom stereocenters. The molecule has 0 spiro atoms. The van der Waals surface area contributed by atoms with Gasteiger partial charge < -0.3 is 9.32 Å². The highest BCUT2D eigenvalue weighted by Gasteiger charge is 2.23. The van der Waals surface area contributed by atoms with Gasteiger partial charge in [0.15, 0.2) is 0 Å². The van der Waals surface area contributed by atoms with E-state index in [1.54, 1.807) is 4.90 Å². The fraction of sp³-hybridized carbons (Fsp3) is 0.267. The molecule has 3 nitrogen and oxygen atoms in total. The van der Waals surface area contributed by atoms with Crippen LogP contribution in [-0.4, -0.2) is 23.2 Å². The lowest BCUT2D eigenvalue weighted by Crippen LogP contribution is -2.36. The fourth-order valence-electron chi connectivity index (χ4n) is 2.36. The maximum atomic E-state index is 11.6. The molecule has 3 rings (SSSR count). The van der Waals surface area contributed by atoms with Gasteiger partial charge in [0.05, 0.1) is 6.54 Å². The average Bonchev–Trinajstić information content (AvgIpc) is 2.90. The third-order valence-corrected chi connectivity index (χ3v) is 3.64. The van der Waals surface area contributed by atoms with Crippen molar-refractivity contribution in [2.24, 2.45) is 0 Å². The van der Waals surface area contributed by atoms with Crippen molar-refractivity contribution < 1.29 is 9.21 Å². The van der Waals surface area contributed by atoms with E-state index >= 15 is 0 Å². The summed E-state index contributed by atoms with van der Waals surface area (Å²) >= 11 is 5.59. The number of alkyl halides is 1. The highest BCUT2D eigenvalue weighted by molar-refractivity contribution is 6.27. The minimum Gasteiger partial charge on any atom is -0.459 e. The van der Waals surface area contributed by atoms with Crippen LogP contribution in [0.2, 0.25) is 0 Å². The van der Waals surface area contributed by atoms with Crippen LogP contribution in [-0.2, 0) is 17.8 Å². The van der Waals surface area contributed by atoms with E-state index in [0.717, 1.165) is 23.5 Å². The molecular formula is C15H14ClNO2. The Balaban J connectivity index is 1.87. The Hall–Kier alpha value is -1.74. The first-order chi connectivity index (χ1) is 9.28. The number of carbonyl (C=O) groups is 1. The average molecular weight is 276 g/mol. The Morgan fingerprint density at radius 2 is 2.11 bits per heavy atom. The Morgan fingerprint density at radius 1 is 1.32 bits per heavy atom. The van der Waals surface area contributed by atoms with Crippen LogP contribution >= 0.6 is 11.6 Å². The number of nitrogens with zero attached hydrogens (tertiary/aromatic N) is 1. The number of amides is 1. The summed E-state index contributed by atoms with van der Waals surface area (Å²) in [6.45, 7) is 1.24. The van der Waals surface area contributed by atoms with Crippen LogP contribution in [0.1, 0.15) is 11.3 Å². The molecule has 0 aliphatic carbocycles. The Morgan fingerprint density at radius 3 is 2.84 bits per heavy atom. The molecule has 98 valence electrons. The van der Waals surface area contributed by atoms with Crippen LogP contribution in [0, 0.1) is 0 Å². The number of hydrogen-bond acceptors (Lipinski definition) is 2. The number of hydrogen-bond donors (Lipinski definition) is 0. The molecule has 0 unspecified atom stereocenters. The van der Waals surface area contributed by atoms with Gasteiger partial charge in [-0.1, -0.05) is 30.3 Å². The first-order valence-corrected chi connectivity index (χ1v) is 6.82. The molecule has 1 aliphatic rings. The summed E-state index contributed by atoms with van der Waals surface area (Å²) in [6.07, 6.45) is 0.828. The Bertz CT molecular complexity index is 591. The fourth-order valence-corrected chi connectivity index (χ4v) is 2.53. The van der Waals surface area contributed by atoms with E-state index in [2.05, 4.69) is 6.07 Å². The van der Waals surface area contributed by atoms with E-state index in [-0.39, 0.29) is 11.8 Å². The van der Waals surface area contributed by atoms with Crippen LogP contribution in [0.3, 0.4) is 0 Å². The molecule has 0 N–H and O–H groups in total. The number of carbonyl (C=O) groups excluding carboxylic acids is 1. The van der Waals surface area contributed by atoms with Crippen molar-refractivity contribution in [1.82, 2.24) is 4.90 Å². The normalized spacial score (nSPS) is 14.3. The minimum absolute atomic E-state index is 0.0293. The molecule has 1 amide bonds. The zero-order valence-electron chi connectivity index (χ0n) is 10.4. The first kappa shape index (κ1) is 12.3. The highest BCUT2D eigenvalue weighted by atomic mass is 35.5. The second-order valence-corrected chi connectivity index (χ2v) is 4.89. The quantitative estimate of drug-likeness (QED) is 0.789. The zero-order chi connectivity index (χ0) is 13.2. The van der Waals surface area contributed by atoms with Gasteiger partial charge in [0.2, 0.25) is 5.91 Å². The van der Waals surface area contributed by atoms with Gasteiger partial charge in [-0.15, -0.1) is 11.6 Å². The summed E-state index contributed by atoms with van der Waals surface area (Å²) in [5.41, 5.74) is 2.25. The van der Waals surface area contributed by atoms with Crippen LogP contribution in [0.5, 0.6) is 0 Å². The largest absolute Gasteiger partial charge is 0.459 e. The summed E-state index contributed by atoms with van der Waals surface area (Å²) in [5.74, 6) is 1.74. The smallest absolute Gasteiger partial charge is 0.237 e. The van der Waals surface area contributed by atoms with E-state index in [4.69, 9.17) is 16.0 Å². The summed E-state index contributed by atoms with van der Waals surface area (Å²) in [4.78, 5) is 13.3. The van der Waals surface area contributed by atoms with Crippen molar-refractivity contribution in [3.8, 4) is 11.3 Å². The van der Waals surface area contributed by atoms with Crippen LogP contribution < -0.4 is 0 Å². The molecule has 19 heavy (non-hydrogen) atoms. The van der Waals surface area contributed by atoms with Gasteiger partial charge in [0.1, 0.15) is 17.4 Å². The second-order valence-electron chi connectivity index (χ2n) is 4.62. The van der Waals surface area contributed by atoms with Gasteiger partial charge in [-0.05, 0) is 18.1 Å². The van der Waals surface area contributed by atoms with Crippen molar-refractivity contribution in [1.29, 1.82) is 0 Å². The molecule has 4 heteroatoms. The summed E-state index contributed by atoms with van der Waals surface area (Å²) < 4.78 is 5.88. The predicted octanol–water partition coefficient (Wildman–Crippen LogP) is 3.07. The van der Waals surface area contributed by atoms with Gasteiger partial charge >= 0.3 is 0 Å². The predicted molar refractivity (Wildman–Crippen MR) is 74.0 cm³/mol. The molecule has 0 radical (unpaired) electrons. The lowest BCUT2D eigenvalue weighted by atomic mass is 10.1. The zero-order valence-corrected chi connectivity index (χ0v) is 11.2. The summed E-state index contributed by atoms with van der Waals surface area (Å²) in [5, 5.41) is 0. The molecule has 0 fully saturated rings. The van der Waals surface area contributed by atoms with Crippen molar-refractivity contribution in [3.63, 3.8) is 0 Å². The molecule has 1 aromatic heterocycles. The number of furan rings is 1. The lowest BCUT2D eigenvalue weighted by Gasteiger charge is -2.25. The molecule has 0 saturated heterocycles. The lowest BCUT2D eigenvalue weighted by molar-refractivity contribution is -0.129. The maximum Gasteiger partial charge on any atom is 0.237 e. The standard InChI is InChI=1S/C15H14ClNO2/c16-9-15(18)17-7-6-12-8-13(19-14(12)10-17)11-4-2-1-3-5-11/h1-5,8H,6-7,9-10H2. The van der Waals surface area contributed by atoms with Gasteiger partial charge in [-0.3, -0.25) is 4.79 Å². The first-order valence-electron chi connectivity index (χ1n) is 6.28.